The van der Waals surface area contributed by atoms with E-state index in [1.165, 1.54) is 0 Å². The molecule has 0 radical (unpaired) electrons. The normalized spacial score (nSPS) is 9.58. The van der Waals surface area contributed by atoms with Gasteiger partial charge in [-0.05, 0) is 6.92 Å². The molecule has 1 aromatic heterocycles. The number of urea groups is 1. The van der Waals surface area contributed by atoms with Gasteiger partial charge >= 0.3 is 6.03 Å². The van der Waals surface area contributed by atoms with E-state index in [4.69, 9.17) is 0 Å². The highest BCUT2D eigenvalue weighted by Gasteiger charge is 2.06. The molecule has 66 valence electrons. The highest BCUT2D eigenvalue weighted by Crippen LogP contribution is 2.01. The minimum atomic E-state index is -0.300. The third kappa shape index (κ3) is 1.52. The Morgan fingerprint density at radius 2 is 2.17 bits per heavy atom. The fourth-order valence-corrected chi connectivity index (χ4v) is 0.680. The molecule has 0 saturated heterocycles. The first-order valence-corrected chi connectivity index (χ1v) is 3.50. The Balaban J connectivity index is 2.76. The van der Waals surface area contributed by atoms with Gasteiger partial charge in [-0.2, -0.15) is 0 Å². The van der Waals surface area contributed by atoms with Gasteiger partial charge in [0.25, 0.3) is 0 Å². The Morgan fingerprint density at radius 1 is 1.50 bits per heavy atom. The first-order valence-electron chi connectivity index (χ1n) is 3.50. The molecule has 6 heteroatoms. The highest BCUT2D eigenvalue weighted by molar-refractivity contribution is 5.87. The molecule has 12 heavy (non-hydrogen) atoms. The number of anilines is 1. The molecule has 1 heterocycles. The Labute approximate surface area is 70.0 Å². The third-order valence-corrected chi connectivity index (χ3v) is 1.54. The van der Waals surface area contributed by atoms with Gasteiger partial charge in [-0.25, -0.2) is 4.79 Å². The molecule has 0 bridgehead atoms. The van der Waals surface area contributed by atoms with Gasteiger partial charge in [0, 0.05) is 14.1 Å². The van der Waals surface area contributed by atoms with E-state index >= 15 is 0 Å². The summed E-state index contributed by atoms with van der Waals surface area (Å²) in [6.07, 6.45) is 0. The number of nitrogens with zero attached hydrogens (tertiary/aromatic N) is 3. The lowest BCUT2D eigenvalue weighted by molar-refractivity contribution is 0.253. The maximum atomic E-state index is 10.8. The number of nitrogens with one attached hydrogen (secondary N) is 2. The second-order valence-corrected chi connectivity index (χ2v) is 2.33. The second-order valence-electron chi connectivity index (χ2n) is 2.33. The molecule has 0 spiro atoms. The summed E-state index contributed by atoms with van der Waals surface area (Å²) in [7, 11) is 3.32. The van der Waals surface area contributed by atoms with Gasteiger partial charge in [0.05, 0.1) is 0 Å². The minimum absolute atomic E-state index is 0.300. The zero-order valence-corrected chi connectivity index (χ0v) is 7.25. The average Bonchev–Trinajstić information content (AvgIpc) is 2.36. The van der Waals surface area contributed by atoms with E-state index in [2.05, 4.69) is 20.8 Å². The molecule has 1 rings (SSSR count). The van der Waals surface area contributed by atoms with Crippen molar-refractivity contribution in [1.29, 1.82) is 0 Å². The minimum Gasteiger partial charge on any atom is -0.341 e. The summed E-state index contributed by atoms with van der Waals surface area (Å²) in [6.45, 7) is 1.81. The van der Waals surface area contributed by atoms with Crippen molar-refractivity contribution in [2.75, 3.05) is 12.4 Å². The molecule has 2 N–H and O–H groups in total. The monoisotopic (exact) mass is 169 g/mol. The lowest BCUT2D eigenvalue weighted by Crippen LogP contribution is -2.26. The van der Waals surface area contributed by atoms with Crippen LogP contribution in [0.15, 0.2) is 0 Å². The largest absolute Gasteiger partial charge is 0.341 e. The van der Waals surface area contributed by atoms with E-state index < -0.39 is 0 Å². The molecule has 0 aliphatic carbocycles. The van der Waals surface area contributed by atoms with Crippen LogP contribution in [0.25, 0.3) is 0 Å². The molecule has 0 saturated carbocycles. The van der Waals surface area contributed by atoms with Crippen LogP contribution in [-0.4, -0.2) is 27.8 Å². The number of aromatic nitrogens is 3. The molecule has 0 aliphatic rings. The van der Waals surface area contributed by atoms with Crippen LogP contribution in [-0.2, 0) is 7.05 Å². The summed E-state index contributed by atoms with van der Waals surface area (Å²) in [5, 5.41) is 12.5. The highest BCUT2D eigenvalue weighted by atomic mass is 16.2. The van der Waals surface area contributed by atoms with Gasteiger partial charge in [-0.1, -0.05) is 0 Å². The molecule has 0 atom stereocenters. The van der Waals surface area contributed by atoms with Gasteiger partial charge in [0.15, 0.2) is 0 Å². The van der Waals surface area contributed by atoms with E-state index in [1.54, 1.807) is 18.7 Å². The van der Waals surface area contributed by atoms with Crippen LogP contribution in [0.1, 0.15) is 5.82 Å². The Morgan fingerprint density at radius 3 is 2.58 bits per heavy atom. The topological polar surface area (TPSA) is 71.8 Å². The lowest BCUT2D eigenvalue weighted by atomic mass is 10.7. The molecule has 1 aromatic rings. The standard InChI is InChI=1S/C6H11N5O/c1-4-9-10-5(11(4)3)8-6(12)7-2/h1-3H3,(H2,7,8,10,12). The number of hydrogen-bond acceptors (Lipinski definition) is 3. The predicted octanol–water partition coefficient (Wildman–Crippen LogP) is -0.125. The Hall–Kier alpha value is -1.59. The molecular weight excluding hydrogens is 158 g/mol. The number of amides is 2. The number of carbonyl (C=O) groups is 1. The smallest absolute Gasteiger partial charge is 0.321 e. The summed E-state index contributed by atoms with van der Waals surface area (Å²) in [4.78, 5) is 10.8. The van der Waals surface area contributed by atoms with Crippen molar-refractivity contribution in [2.24, 2.45) is 7.05 Å². The zero-order chi connectivity index (χ0) is 9.14. The van der Waals surface area contributed by atoms with Crippen LogP contribution in [0.5, 0.6) is 0 Å². The molecular formula is C6H11N5O. The van der Waals surface area contributed by atoms with Crippen molar-refractivity contribution in [3.8, 4) is 0 Å². The summed E-state index contributed by atoms with van der Waals surface area (Å²) >= 11 is 0. The summed E-state index contributed by atoms with van der Waals surface area (Å²) in [6, 6.07) is -0.300. The van der Waals surface area contributed by atoms with E-state index in [-0.39, 0.29) is 6.03 Å². The van der Waals surface area contributed by atoms with Crippen molar-refractivity contribution in [3.63, 3.8) is 0 Å². The Kier molecular flexibility index (Phi) is 2.27. The SMILES string of the molecule is CNC(=O)Nc1nnc(C)n1C. The zero-order valence-electron chi connectivity index (χ0n) is 7.25. The fraction of sp³-hybridized carbons (Fsp3) is 0.500. The number of aryl methyl sites for hydroxylation is 1. The Bertz CT molecular complexity index is 292. The maximum absolute atomic E-state index is 10.8. The van der Waals surface area contributed by atoms with Gasteiger partial charge in [0.2, 0.25) is 5.95 Å². The first kappa shape index (κ1) is 8.51. The van der Waals surface area contributed by atoms with Crippen molar-refractivity contribution < 1.29 is 4.79 Å². The predicted molar refractivity (Wildman–Crippen MR) is 43.8 cm³/mol. The summed E-state index contributed by atoms with van der Waals surface area (Å²) in [5.74, 6) is 1.19. The first-order chi connectivity index (χ1) is 5.65. The van der Waals surface area contributed by atoms with Crippen molar-refractivity contribution in [3.05, 3.63) is 5.82 Å². The number of rotatable bonds is 1. The van der Waals surface area contributed by atoms with Gasteiger partial charge in [-0.15, -0.1) is 10.2 Å². The van der Waals surface area contributed by atoms with E-state index in [0.29, 0.717) is 5.95 Å². The van der Waals surface area contributed by atoms with Crippen molar-refractivity contribution >= 4 is 12.0 Å². The van der Waals surface area contributed by atoms with Gasteiger partial charge < -0.3 is 9.88 Å². The van der Waals surface area contributed by atoms with Crippen molar-refractivity contribution in [1.82, 2.24) is 20.1 Å². The molecule has 0 aliphatic heterocycles. The average molecular weight is 169 g/mol. The molecule has 0 fully saturated rings. The van der Waals surface area contributed by atoms with Crippen LogP contribution < -0.4 is 10.6 Å². The third-order valence-electron chi connectivity index (χ3n) is 1.54. The van der Waals surface area contributed by atoms with E-state index in [1.807, 2.05) is 6.92 Å². The summed E-state index contributed by atoms with van der Waals surface area (Å²) < 4.78 is 1.69. The number of carbonyl (C=O) groups excluding carboxylic acids is 1. The molecule has 0 aromatic carbocycles. The maximum Gasteiger partial charge on any atom is 0.321 e. The molecule has 0 unspecified atom stereocenters. The van der Waals surface area contributed by atoms with Crippen LogP contribution in [0.3, 0.4) is 0 Å². The summed E-state index contributed by atoms with van der Waals surface area (Å²) in [5.41, 5.74) is 0. The lowest BCUT2D eigenvalue weighted by Gasteiger charge is -2.02. The second kappa shape index (κ2) is 3.21. The van der Waals surface area contributed by atoms with Crippen LogP contribution >= 0.6 is 0 Å². The quantitative estimate of drug-likeness (QED) is 0.615. The molecule has 6 nitrogen and oxygen atoms in total. The van der Waals surface area contributed by atoms with E-state index in [9.17, 15) is 4.79 Å². The van der Waals surface area contributed by atoms with Crippen LogP contribution in [0.4, 0.5) is 10.7 Å². The number of hydrogen-bond donors (Lipinski definition) is 2. The van der Waals surface area contributed by atoms with Crippen LogP contribution in [0, 0.1) is 6.92 Å². The van der Waals surface area contributed by atoms with Gasteiger partial charge in [-0.3, -0.25) is 5.32 Å². The van der Waals surface area contributed by atoms with Crippen molar-refractivity contribution in [2.45, 2.75) is 6.92 Å². The van der Waals surface area contributed by atoms with E-state index in [0.717, 1.165) is 5.82 Å². The fourth-order valence-electron chi connectivity index (χ4n) is 0.680. The molecule has 2 amide bonds. The van der Waals surface area contributed by atoms with Gasteiger partial charge in [0.1, 0.15) is 5.82 Å². The van der Waals surface area contributed by atoms with Crippen LogP contribution in [0.2, 0.25) is 0 Å².